The summed E-state index contributed by atoms with van der Waals surface area (Å²) in [6, 6.07) is 12.0. The Bertz CT molecular complexity index is 1160. The van der Waals surface area contributed by atoms with Crippen LogP contribution in [0.5, 0.6) is 0 Å². The quantitative estimate of drug-likeness (QED) is 0.599. The molecule has 0 bridgehead atoms. The molecule has 1 heterocycles. The molecule has 2 aromatic carbocycles. The first-order valence-electron chi connectivity index (χ1n) is 11.3. The van der Waals surface area contributed by atoms with Crippen molar-refractivity contribution in [1.29, 1.82) is 0 Å². The van der Waals surface area contributed by atoms with Gasteiger partial charge in [-0.1, -0.05) is 39.0 Å². The van der Waals surface area contributed by atoms with Crippen LogP contribution in [0.25, 0.3) is 0 Å². The highest BCUT2D eigenvalue weighted by Gasteiger charge is 2.26. The van der Waals surface area contributed by atoms with Crippen molar-refractivity contribution in [3.63, 3.8) is 0 Å². The van der Waals surface area contributed by atoms with E-state index in [1.54, 1.807) is 12.1 Å². The molecule has 3 rings (SSSR count). The van der Waals surface area contributed by atoms with E-state index < -0.39 is 28.5 Å². The van der Waals surface area contributed by atoms with Crippen LogP contribution < -0.4 is 10.2 Å². The van der Waals surface area contributed by atoms with Crippen LogP contribution in [0.2, 0.25) is 0 Å². The van der Waals surface area contributed by atoms with Gasteiger partial charge < -0.3 is 15.0 Å². The number of hydrogen-bond acceptors (Lipinski definition) is 6. The van der Waals surface area contributed by atoms with Gasteiger partial charge >= 0.3 is 5.97 Å². The highest BCUT2D eigenvalue weighted by Crippen LogP contribution is 2.30. The first-order chi connectivity index (χ1) is 15.9. The number of carbonyl (C=O) groups excluding carboxylic acids is 2. The SMILES string of the molecule is CN(C)S(=O)(=O)c1ccc(N2CCCC2)c(C(=O)OCC(=O)Nc2ccccc2C(C)(C)C)c1. The van der Waals surface area contributed by atoms with Crippen LogP contribution >= 0.6 is 0 Å². The lowest BCUT2D eigenvalue weighted by molar-refractivity contribution is -0.119. The fourth-order valence-corrected chi connectivity index (χ4v) is 4.85. The van der Waals surface area contributed by atoms with E-state index in [-0.39, 0.29) is 15.9 Å². The zero-order chi connectivity index (χ0) is 25.1. The number of hydrogen-bond donors (Lipinski definition) is 1. The maximum atomic E-state index is 13.0. The molecule has 0 unspecified atom stereocenters. The predicted molar refractivity (Wildman–Crippen MR) is 133 cm³/mol. The Hall–Kier alpha value is -2.91. The monoisotopic (exact) mass is 487 g/mol. The number of esters is 1. The normalized spacial score (nSPS) is 14.4. The molecule has 0 spiro atoms. The Balaban J connectivity index is 1.80. The molecule has 184 valence electrons. The van der Waals surface area contributed by atoms with Crippen LogP contribution in [0, 0.1) is 0 Å². The van der Waals surface area contributed by atoms with E-state index in [9.17, 15) is 18.0 Å². The van der Waals surface area contributed by atoms with E-state index >= 15 is 0 Å². The van der Waals surface area contributed by atoms with Crippen LogP contribution in [-0.2, 0) is 25.0 Å². The maximum Gasteiger partial charge on any atom is 0.340 e. The van der Waals surface area contributed by atoms with Crippen molar-refractivity contribution < 1.29 is 22.7 Å². The van der Waals surface area contributed by atoms with Crippen molar-refractivity contribution in [2.24, 2.45) is 0 Å². The molecule has 0 aromatic heterocycles. The molecule has 1 fully saturated rings. The van der Waals surface area contributed by atoms with Crippen LogP contribution in [0.4, 0.5) is 11.4 Å². The van der Waals surface area contributed by atoms with Gasteiger partial charge in [0.2, 0.25) is 10.0 Å². The Morgan fingerprint density at radius 3 is 2.32 bits per heavy atom. The molecule has 0 atom stereocenters. The Labute approximate surface area is 201 Å². The van der Waals surface area contributed by atoms with Crippen molar-refractivity contribution in [3.8, 4) is 0 Å². The molecule has 1 N–H and O–H groups in total. The third kappa shape index (κ3) is 5.77. The van der Waals surface area contributed by atoms with E-state index in [0.717, 1.165) is 35.8 Å². The molecule has 34 heavy (non-hydrogen) atoms. The summed E-state index contributed by atoms with van der Waals surface area (Å²) >= 11 is 0. The van der Waals surface area contributed by atoms with Gasteiger partial charge in [0.25, 0.3) is 5.91 Å². The zero-order valence-electron chi connectivity index (χ0n) is 20.4. The Kier molecular flexibility index (Phi) is 7.67. The lowest BCUT2D eigenvalue weighted by atomic mass is 9.86. The summed E-state index contributed by atoms with van der Waals surface area (Å²) < 4.78 is 31.7. The summed E-state index contributed by atoms with van der Waals surface area (Å²) in [5, 5.41) is 2.82. The number of nitrogens with one attached hydrogen (secondary N) is 1. The lowest BCUT2D eigenvalue weighted by Gasteiger charge is -2.23. The predicted octanol–water partition coefficient (Wildman–Crippen LogP) is 3.63. The summed E-state index contributed by atoms with van der Waals surface area (Å²) in [7, 11) is -0.872. The number of benzene rings is 2. The number of rotatable bonds is 7. The van der Waals surface area contributed by atoms with Gasteiger partial charge in [-0.25, -0.2) is 17.5 Å². The second kappa shape index (κ2) is 10.1. The molecular weight excluding hydrogens is 454 g/mol. The molecule has 9 heteroatoms. The molecule has 1 aliphatic rings. The summed E-state index contributed by atoms with van der Waals surface area (Å²) in [6.45, 7) is 7.20. The highest BCUT2D eigenvalue weighted by atomic mass is 32.2. The van der Waals surface area contributed by atoms with Crippen molar-refractivity contribution in [2.45, 2.75) is 43.9 Å². The zero-order valence-corrected chi connectivity index (χ0v) is 21.2. The summed E-state index contributed by atoms with van der Waals surface area (Å²) in [5.74, 6) is -1.21. The van der Waals surface area contributed by atoms with Crippen LogP contribution in [0.1, 0.15) is 49.5 Å². The van der Waals surface area contributed by atoms with Crippen molar-refractivity contribution >= 4 is 33.3 Å². The molecule has 2 aromatic rings. The second-order valence-corrected chi connectivity index (χ2v) is 11.7. The fourth-order valence-electron chi connectivity index (χ4n) is 3.92. The van der Waals surface area contributed by atoms with Gasteiger partial charge in [0, 0.05) is 32.9 Å². The van der Waals surface area contributed by atoms with Gasteiger partial charge in [-0.15, -0.1) is 0 Å². The molecular formula is C25H33N3O5S. The average Bonchev–Trinajstić information content (AvgIpc) is 3.31. The Morgan fingerprint density at radius 1 is 1.06 bits per heavy atom. The number of anilines is 2. The van der Waals surface area contributed by atoms with Gasteiger partial charge in [0.05, 0.1) is 16.1 Å². The highest BCUT2D eigenvalue weighted by molar-refractivity contribution is 7.89. The summed E-state index contributed by atoms with van der Waals surface area (Å²) in [4.78, 5) is 27.6. The van der Waals surface area contributed by atoms with E-state index in [2.05, 4.69) is 5.32 Å². The fraction of sp³-hybridized carbons (Fsp3) is 0.440. The van der Waals surface area contributed by atoms with Crippen molar-refractivity contribution in [1.82, 2.24) is 4.31 Å². The molecule has 0 saturated carbocycles. The molecule has 1 saturated heterocycles. The standard InChI is InChI=1S/C25H33N3O5S/c1-25(2,3)20-10-6-7-11-21(20)26-23(29)17-33-24(30)19-16-18(34(31,32)27(4)5)12-13-22(19)28-14-8-9-15-28/h6-7,10-13,16H,8-9,14-15,17H2,1-5H3,(H,26,29). The largest absolute Gasteiger partial charge is 0.452 e. The van der Waals surface area contributed by atoms with E-state index in [4.69, 9.17) is 4.74 Å². The minimum Gasteiger partial charge on any atom is -0.452 e. The number of carbonyl (C=O) groups is 2. The van der Waals surface area contributed by atoms with Crippen molar-refractivity contribution in [3.05, 3.63) is 53.6 Å². The molecule has 1 amide bonds. The van der Waals surface area contributed by atoms with Gasteiger partial charge in [-0.3, -0.25) is 4.79 Å². The second-order valence-electron chi connectivity index (χ2n) is 9.58. The summed E-state index contributed by atoms with van der Waals surface area (Å²) in [6.07, 6.45) is 1.98. The first-order valence-corrected chi connectivity index (χ1v) is 12.7. The number of amides is 1. The van der Waals surface area contributed by atoms with Crippen molar-refractivity contribution in [2.75, 3.05) is 44.0 Å². The lowest BCUT2D eigenvalue weighted by Crippen LogP contribution is -2.26. The molecule has 0 aliphatic carbocycles. The topological polar surface area (TPSA) is 96.0 Å². The molecule has 0 radical (unpaired) electrons. The third-order valence-electron chi connectivity index (χ3n) is 5.76. The van der Waals surface area contributed by atoms with E-state index in [1.165, 1.54) is 26.2 Å². The third-order valence-corrected chi connectivity index (χ3v) is 7.57. The van der Waals surface area contributed by atoms with Gasteiger partial charge in [-0.2, -0.15) is 0 Å². The Morgan fingerprint density at radius 2 is 1.71 bits per heavy atom. The molecule has 1 aliphatic heterocycles. The van der Waals surface area contributed by atoms with Gasteiger partial charge in [-0.05, 0) is 48.1 Å². The first kappa shape index (κ1) is 25.7. The number of nitrogens with zero attached hydrogens (tertiary/aromatic N) is 2. The maximum absolute atomic E-state index is 13.0. The minimum absolute atomic E-state index is 0.00375. The minimum atomic E-state index is -3.74. The number of ether oxygens (including phenoxy) is 1. The van der Waals surface area contributed by atoms with Crippen LogP contribution in [0.15, 0.2) is 47.4 Å². The number of sulfonamides is 1. The number of para-hydroxylation sites is 1. The van der Waals surface area contributed by atoms with Crippen LogP contribution in [0.3, 0.4) is 0 Å². The molecule has 8 nitrogen and oxygen atoms in total. The van der Waals surface area contributed by atoms with Crippen LogP contribution in [-0.4, -0.2) is 58.4 Å². The van der Waals surface area contributed by atoms with Gasteiger partial charge in [0.15, 0.2) is 6.61 Å². The van der Waals surface area contributed by atoms with E-state index in [1.807, 2.05) is 43.9 Å². The van der Waals surface area contributed by atoms with Gasteiger partial charge in [0.1, 0.15) is 0 Å². The average molecular weight is 488 g/mol. The summed E-state index contributed by atoms with van der Waals surface area (Å²) in [5.41, 5.74) is 2.19. The smallest absolute Gasteiger partial charge is 0.340 e. The van der Waals surface area contributed by atoms with E-state index in [0.29, 0.717) is 11.4 Å².